The number of likely N-dealkylation sites (tertiary alicyclic amines) is 1. The topological polar surface area (TPSA) is 67.9 Å². The quantitative estimate of drug-likeness (QED) is 0.592. The Morgan fingerprint density at radius 1 is 1.06 bits per heavy atom. The van der Waals surface area contributed by atoms with Crippen molar-refractivity contribution in [2.45, 2.75) is 44.8 Å². The Bertz CT molecular complexity index is 836. The van der Waals surface area contributed by atoms with Crippen LogP contribution in [0.2, 0.25) is 5.02 Å². The van der Waals surface area contributed by atoms with E-state index in [0.29, 0.717) is 43.3 Å². The number of para-hydroxylation sites is 1. The Morgan fingerprint density at radius 2 is 1.74 bits per heavy atom. The number of carbonyl (C=O) groups excluding carboxylic acids is 2. The smallest absolute Gasteiger partial charge is 0.260 e. The number of nitrogens with zero attached hydrogens (tertiary/aromatic N) is 1. The summed E-state index contributed by atoms with van der Waals surface area (Å²) in [5.41, 5.74) is 0. The highest BCUT2D eigenvalue weighted by atomic mass is 35.5. The SMILES string of the molecule is CC(Oc1ccc(Cl)cc1)C(=O)NC1CCN(C(=O)CCCOc2ccccc2)CC1. The van der Waals surface area contributed by atoms with Gasteiger partial charge < -0.3 is 19.7 Å². The van der Waals surface area contributed by atoms with E-state index in [1.165, 1.54) is 0 Å². The zero-order valence-electron chi connectivity index (χ0n) is 17.8. The van der Waals surface area contributed by atoms with Crippen molar-refractivity contribution in [3.05, 3.63) is 59.6 Å². The molecule has 1 aliphatic rings. The van der Waals surface area contributed by atoms with E-state index in [2.05, 4.69) is 5.32 Å². The summed E-state index contributed by atoms with van der Waals surface area (Å²) in [5, 5.41) is 3.65. The molecule has 1 aliphatic heterocycles. The summed E-state index contributed by atoms with van der Waals surface area (Å²) in [6.07, 6.45) is 2.03. The Balaban J connectivity index is 1.32. The normalized spacial score (nSPS) is 15.2. The van der Waals surface area contributed by atoms with Gasteiger partial charge in [-0.2, -0.15) is 0 Å². The Morgan fingerprint density at radius 3 is 2.42 bits per heavy atom. The number of hydrogen-bond donors (Lipinski definition) is 1. The molecule has 6 nitrogen and oxygen atoms in total. The lowest BCUT2D eigenvalue weighted by molar-refractivity contribution is -0.133. The van der Waals surface area contributed by atoms with Crippen LogP contribution < -0.4 is 14.8 Å². The third-order valence-corrected chi connectivity index (χ3v) is 5.49. The molecule has 0 spiro atoms. The van der Waals surface area contributed by atoms with E-state index in [1.807, 2.05) is 35.2 Å². The molecule has 2 aromatic rings. The molecule has 166 valence electrons. The second-order valence-electron chi connectivity index (χ2n) is 7.64. The van der Waals surface area contributed by atoms with Crippen molar-refractivity contribution < 1.29 is 19.1 Å². The van der Waals surface area contributed by atoms with Gasteiger partial charge in [0.2, 0.25) is 5.91 Å². The van der Waals surface area contributed by atoms with E-state index in [0.717, 1.165) is 18.6 Å². The number of carbonyl (C=O) groups is 2. The van der Waals surface area contributed by atoms with Crippen molar-refractivity contribution in [3.8, 4) is 11.5 Å². The predicted molar refractivity (Wildman–Crippen MR) is 120 cm³/mol. The first-order valence-electron chi connectivity index (χ1n) is 10.7. The molecule has 1 saturated heterocycles. The molecular weight excluding hydrogens is 416 g/mol. The first kappa shape index (κ1) is 22.9. The van der Waals surface area contributed by atoms with Crippen molar-refractivity contribution in [2.75, 3.05) is 19.7 Å². The van der Waals surface area contributed by atoms with E-state index >= 15 is 0 Å². The number of hydrogen-bond acceptors (Lipinski definition) is 4. The number of halogens is 1. The highest BCUT2D eigenvalue weighted by Gasteiger charge is 2.25. The van der Waals surface area contributed by atoms with E-state index in [-0.39, 0.29) is 17.9 Å². The number of piperidine rings is 1. The van der Waals surface area contributed by atoms with E-state index in [1.54, 1.807) is 31.2 Å². The summed E-state index contributed by atoms with van der Waals surface area (Å²) in [6.45, 7) is 3.54. The van der Waals surface area contributed by atoms with Gasteiger partial charge in [0.05, 0.1) is 6.61 Å². The number of benzene rings is 2. The Hall–Kier alpha value is -2.73. The van der Waals surface area contributed by atoms with Gasteiger partial charge in [0.25, 0.3) is 5.91 Å². The molecule has 1 atom stereocenters. The maximum Gasteiger partial charge on any atom is 0.260 e. The summed E-state index contributed by atoms with van der Waals surface area (Å²) in [4.78, 5) is 26.7. The van der Waals surface area contributed by atoms with Crippen LogP contribution in [0.3, 0.4) is 0 Å². The maximum atomic E-state index is 12.4. The predicted octanol–water partition coefficient (Wildman–Crippen LogP) is 4.07. The van der Waals surface area contributed by atoms with Gasteiger partial charge in [0, 0.05) is 30.6 Å². The molecule has 2 amide bonds. The zero-order chi connectivity index (χ0) is 22.1. The fourth-order valence-electron chi connectivity index (χ4n) is 3.45. The molecule has 1 fully saturated rings. The van der Waals surface area contributed by atoms with Crippen molar-refractivity contribution >= 4 is 23.4 Å². The van der Waals surface area contributed by atoms with Crippen LogP contribution >= 0.6 is 11.6 Å². The van der Waals surface area contributed by atoms with Gasteiger partial charge in [-0.05, 0) is 62.6 Å². The van der Waals surface area contributed by atoms with Crippen molar-refractivity contribution in [1.29, 1.82) is 0 Å². The van der Waals surface area contributed by atoms with Crippen LogP contribution in [0.1, 0.15) is 32.6 Å². The minimum atomic E-state index is -0.606. The number of rotatable bonds is 9. The molecule has 7 heteroatoms. The van der Waals surface area contributed by atoms with Crippen LogP contribution in [0, 0.1) is 0 Å². The fraction of sp³-hybridized carbons (Fsp3) is 0.417. The molecule has 1 unspecified atom stereocenters. The zero-order valence-corrected chi connectivity index (χ0v) is 18.5. The third kappa shape index (κ3) is 7.47. The second kappa shape index (κ2) is 11.6. The summed E-state index contributed by atoms with van der Waals surface area (Å²) in [6, 6.07) is 16.6. The van der Waals surface area contributed by atoms with E-state index in [4.69, 9.17) is 21.1 Å². The molecule has 0 bridgehead atoms. The average molecular weight is 445 g/mol. The summed E-state index contributed by atoms with van der Waals surface area (Å²) in [5.74, 6) is 1.41. The lowest BCUT2D eigenvalue weighted by atomic mass is 10.0. The number of ether oxygens (including phenoxy) is 2. The monoisotopic (exact) mass is 444 g/mol. The lowest BCUT2D eigenvalue weighted by Crippen LogP contribution is -2.49. The molecule has 1 N–H and O–H groups in total. The standard InChI is InChI=1S/C24H29ClN2O4/c1-18(31-22-11-9-19(25)10-12-22)24(29)26-20-13-15-27(16-14-20)23(28)8-5-17-30-21-6-3-2-4-7-21/h2-4,6-7,9-12,18,20H,5,8,13-17H2,1H3,(H,26,29). The third-order valence-electron chi connectivity index (χ3n) is 5.24. The fourth-order valence-corrected chi connectivity index (χ4v) is 3.58. The van der Waals surface area contributed by atoms with Crippen LogP contribution in [-0.2, 0) is 9.59 Å². The second-order valence-corrected chi connectivity index (χ2v) is 8.08. The van der Waals surface area contributed by atoms with Crippen LogP contribution in [0.4, 0.5) is 0 Å². The van der Waals surface area contributed by atoms with Gasteiger partial charge in [-0.15, -0.1) is 0 Å². The summed E-state index contributed by atoms with van der Waals surface area (Å²) < 4.78 is 11.3. The molecule has 0 aliphatic carbocycles. The molecular formula is C24H29ClN2O4. The van der Waals surface area contributed by atoms with Crippen molar-refractivity contribution in [1.82, 2.24) is 10.2 Å². The van der Waals surface area contributed by atoms with E-state index in [9.17, 15) is 9.59 Å². The Labute approximate surface area is 188 Å². The van der Waals surface area contributed by atoms with Gasteiger partial charge in [-0.3, -0.25) is 9.59 Å². The molecule has 31 heavy (non-hydrogen) atoms. The highest BCUT2D eigenvalue weighted by Crippen LogP contribution is 2.18. The van der Waals surface area contributed by atoms with Crippen LogP contribution in [0.25, 0.3) is 0 Å². The highest BCUT2D eigenvalue weighted by molar-refractivity contribution is 6.30. The minimum Gasteiger partial charge on any atom is -0.494 e. The van der Waals surface area contributed by atoms with E-state index < -0.39 is 6.10 Å². The first-order chi connectivity index (χ1) is 15.0. The molecule has 0 aromatic heterocycles. The minimum absolute atomic E-state index is 0.0502. The average Bonchev–Trinajstić information content (AvgIpc) is 2.79. The Kier molecular flexibility index (Phi) is 8.59. The summed E-state index contributed by atoms with van der Waals surface area (Å²) in [7, 11) is 0. The van der Waals surface area contributed by atoms with Crippen LogP contribution in [0.15, 0.2) is 54.6 Å². The maximum absolute atomic E-state index is 12.4. The van der Waals surface area contributed by atoms with Gasteiger partial charge in [0.15, 0.2) is 6.10 Å². The summed E-state index contributed by atoms with van der Waals surface area (Å²) >= 11 is 5.87. The molecule has 0 saturated carbocycles. The van der Waals surface area contributed by atoms with Gasteiger partial charge in [-0.1, -0.05) is 29.8 Å². The van der Waals surface area contributed by atoms with Crippen LogP contribution in [-0.4, -0.2) is 48.6 Å². The van der Waals surface area contributed by atoms with Crippen molar-refractivity contribution in [2.24, 2.45) is 0 Å². The van der Waals surface area contributed by atoms with Gasteiger partial charge in [0.1, 0.15) is 11.5 Å². The number of nitrogens with one attached hydrogen (secondary N) is 1. The first-order valence-corrected chi connectivity index (χ1v) is 11.1. The molecule has 3 rings (SSSR count). The molecule has 0 radical (unpaired) electrons. The molecule has 1 heterocycles. The van der Waals surface area contributed by atoms with Gasteiger partial charge >= 0.3 is 0 Å². The lowest BCUT2D eigenvalue weighted by Gasteiger charge is -2.33. The number of amides is 2. The molecule has 2 aromatic carbocycles. The van der Waals surface area contributed by atoms with Crippen molar-refractivity contribution in [3.63, 3.8) is 0 Å². The van der Waals surface area contributed by atoms with Crippen LogP contribution in [0.5, 0.6) is 11.5 Å². The van der Waals surface area contributed by atoms with Gasteiger partial charge in [-0.25, -0.2) is 0 Å². The largest absolute Gasteiger partial charge is 0.494 e.